The van der Waals surface area contributed by atoms with Gasteiger partial charge in [0.05, 0.1) is 30.3 Å². The average Bonchev–Trinajstić information content (AvgIpc) is 3.94. The van der Waals surface area contributed by atoms with Gasteiger partial charge in [0.25, 0.3) is 20.0 Å². The highest BCUT2D eigenvalue weighted by molar-refractivity contribution is 7.93. The Morgan fingerprint density at radius 3 is 1.84 bits per heavy atom. The molecule has 2 saturated heterocycles. The third kappa shape index (κ3) is 6.39. The van der Waals surface area contributed by atoms with Crippen molar-refractivity contribution in [2.45, 2.75) is 35.8 Å². The Kier molecular flexibility index (Phi) is 8.25. The van der Waals surface area contributed by atoms with Gasteiger partial charge < -0.3 is 18.9 Å². The van der Waals surface area contributed by atoms with Gasteiger partial charge in [0.2, 0.25) is 0 Å². The summed E-state index contributed by atoms with van der Waals surface area (Å²) in [6.07, 6.45) is -0.155. The van der Waals surface area contributed by atoms with Crippen molar-refractivity contribution in [2.75, 3.05) is 35.5 Å². The van der Waals surface area contributed by atoms with Crippen molar-refractivity contribution >= 4 is 37.1 Å². The minimum atomic E-state index is -4.38. The summed E-state index contributed by atoms with van der Waals surface area (Å²) < 4.78 is 83.1. The molecule has 44 heavy (non-hydrogen) atoms. The van der Waals surface area contributed by atoms with E-state index < -0.39 is 20.0 Å². The molecule has 2 atom stereocenters. The fraction of sp³-hybridized carbons (Fsp3) is 0.250. The molecule has 0 aromatic heterocycles. The molecular formula is C32H32N2O8S2. The van der Waals surface area contributed by atoms with Crippen LogP contribution in [0.3, 0.4) is 0 Å². The molecule has 2 aliphatic rings. The first-order valence-electron chi connectivity index (χ1n) is 14.1. The molecule has 12 heteroatoms. The van der Waals surface area contributed by atoms with E-state index in [-0.39, 0.29) is 58.1 Å². The van der Waals surface area contributed by atoms with Crippen molar-refractivity contribution in [3.05, 3.63) is 102 Å². The average molecular weight is 637 g/mol. The van der Waals surface area contributed by atoms with Gasteiger partial charge in [-0.25, -0.2) is 21.1 Å². The lowest BCUT2D eigenvalue weighted by atomic mass is 10.1. The number of benzene rings is 4. The number of rotatable bonds is 13. The Labute approximate surface area is 257 Å². The predicted molar refractivity (Wildman–Crippen MR) is 166 cm³/mol. The predicted octanol–water partition coefficient (Wildman–Crippen LogP) is 5.19. The van der Waals surface area contributed by atoms with Crippen LogP contribution in [0, 0.1) is 13.8 Å². The molecule has 6 rings (SSSR count). The van der Waals surface area contributed by atoms with Gasteiger partial charge in [0, 0.05) is 0 Å². The van der Waals surface area contributed by atoms with Crippen LogP contribution in [0.15, 0.2) is 101 Å². The van der Waals surface area contributed by atoms with Crippen molar-refractivity contribution in [1.82, 2.24) is 0 Å². The number of para-hydroxylation sites is 4. The molecular weight excluding hydrogens is 604 g/mol. The summed E-state index contributed by atoms with van der Waals surface area (Å²) in [4.78, 5) is -0.151. The van der Waals surface area contributed by atoms with Crippen LogP contribution in [0.5, 0.6) is 11.5 Å². The Hall–Kier alpha value is -4.10. The number of ether oxygens (including phenoxy) is 4. The summed E-state index contributed by atoms with van der Waals surface area (Å²) in [5, 5.41) is 0. The second-order valence-corrected chi connectivity index (χ2v) is 14.0. The Balaban J connectivity index is 1.46. The van der Waals surface area contributed by atoms with Gasteiger partial charge >= 0.3 is 0 Å². The normalized spacial score (nSPS) is 17.5. The minimum absolute atomic E-state index is 0.0676. The first-order valence-corrected chi connectivity index (χ1v) is 17.0. The fourth-order valence-corrected chi connectivity index (χ4v) is 7.73. The van der Waals surface area contributed by atoms with Crippen molar-refractivity contribution in [3.8, 4) is 11.5 Å². The molecule has 0 aliphatic carbocycles. The van der Waals surface area contributed by atoms with E-state index in [0.717, 1.165) is 0 Å². The van der Waals surface area contributed by atoms with Crippen LogP contribution in [0.1, 0.15) is 11.1 Å². The lowest BCUT2D eigenvalue weighted by Crippen LogP contribution is -2.29. The number of nitrogens with one attached hydrogen (secondary N) is 1. The highest BCUT2D eigenvalue weighted by Crippen LogP contribution is 2.43. The van der Waals surface area contributed by atoms with Crippen molar-refractivity contribution in [1.29, 1.82) is 0 Å². The SMILES string of the molecule is Cc1ccccc1N(c1c(C)cccc1NS(=O)(=O)c1ccccc1OCC1CO1)S(=O)(=O)c1ccccc1OCC1CO1. The van der Waals surface area contributed by atoms with Gasteiger partial charge in [-0.2, -0.15) is 0 Å². The lowest BCUT2D eigenvalue weighted by molar-refractivity contribution is 0.258. The molecule has 0 saturated carbocycles. The van der Waals surface area contributed by atoms with Gasteiger partial charge in [0.1, 0.15) is 46.7 Å². The standard InChI is InChI=1S/C32H32N2O8S2/c1-22-10-3-4-13-27(22)34(44(37,38)31-17-8-6-15-29(31)42-21-25-19-40-25)32-23(2)11-9-12-26(32)33-43(35,36)30-16-7-5-14-28(30)41-20-24-18-39-24/h3-17,24-25,33H,18-21H2,1-2H3. The molecule has 2 unspecified atom stereocenters. The molecule has 0 amide bonds. The van der Waals surface area contributed by atoms with E-state index in [9.17, 15) is 16.8 Å². The number of hydrogen-bond acceptors (Lipinski definition) is 8. The third-order valence-corrected chi connectivity index (χ3v) is 10.3. The van der Waals surface area contributed by atoms with Gasteiger partial charge in [-0.05, 0) is 61.4 Å². The van der Waals surface area contributed by atoms with E-state index in [1.807, 2.05) is 0 Å². The maximum atomic E-state index is 14.7. The first-order chi connectivity index (χ1) is 21.1. The van der Waals surface area contributed by atoms with Gasteiger partial charge in [-0.15, -0.1) is 0 Å². The van der Waals surface area contributed by atoms with Gasteiger partial charge in [-0.3, -0.25) is 4.72 Å². The molecule has 1 N–H and O–H groups in total. The molecule has 0 radical (unpaired) electrons. The molecule has 230 valence electrons. The summed E-state index contributed by atoms with van der Waals surface area (Å²) in [5.74, 6) is 0.335. The summed E-state index contributed by atoms with van der Waals surface area (Å²) >= 11 is 0. The third-order valence-electron chi connectivity index (χ3n) is 7.18. The first kappa shape index (κ1) is 29.9. The van der Waals surface area contributed by atoms with E-state index in [0.29, 0.717) is 30.0 Å². The largest absolute Gasteiger partial charge is 0.489 e. The highest BCUT2D eigenvalue weighted by atomic mass is 32.2. The van der Waals surface area contributed by atoms with Crippen LogP contribution in [0.2, 0.25) is 0 Å². The number of hydrogen-bond donors (Lipinski definition) is 1. The van der Waals surface area contributed by atoms with E-state index in [2.05, 4.69) is 4.72 Å². The fourth-order valence-electron chi connectivity index (χ4n) is 4.74. The summed E-state index contributed by atoms with van der Waals surface area (Å²) in [7, 11) is -8.62. The smallest absolute Gasteiger partial charge is 0.272 e. The summed E-state index contributed by atoms with van der Waals surface area (Å²) in [5.41, 5.74) is 1.77. The van der Waals surface area contributed by atoms with Crippen LogP contribution < -0.4 is 18.5 Å². The topological polar surface area (TPSA) is 127 Å². The second kappa shape index (κ2) is 12.1. The molecule has 2 fully saturated rings. The number of nitrogens with zero attached hydrogens (tertiary/aromatic N) is 1. The van der Waals surface area contributed by atoms with Gasteiger partial charge in [-0.1, -0.05) is 54.6 Å². The minimum Gasteiger partial charge on any atom is -0.489 e. The van der Waals surface area contributed by atoms with E-state index >= 15 is 0 Å². The van der Waals surface area contributed by atoms with E-state index in [1.165, 1.54) is 22.5 Å². The summed E-state index contributed by atoms with van der Waals surface area (Å²) in [6.45, 7) is 5.07. The number of aryl methyl sites for hydroxylation is 2. The Morgan fingerprint density at radius 2 is 1.23 bits per heavy atom. The maximum Gasteiger partial charge on any atom is 0.272 e. The maximum absolute atomic E-state index is 14.7. The molecule has 10 nitrogen and oxygen atoms in total. The zero-order chi connectivity index (χ0) is 30.9. The molecule has 0 bridgehead atoms. The molecule has 4 aromatic rings. The van der Waals surface area contributed by atoms with Gasteiger partial charge in [0.15, 0.2) is 0 Å². The summed E-state index contributed by atoms with van der Waals surface area (Å²) in [6, 6.07) is 24.6. The zero-order valence-corrected chi connectivity index (χ0v) is 25.8. The van der Waals surface area contributed by atoms with Crippen LogP contribution in [0.4, 0.5) is 17.1 Å². The second-order valence-electron chi connectivity index (χ2n) is 10.6. The lowest BCUT2D eigenvalue weighted by Gasteiger charge is -2.30. The Morgan fingerprint density at radius 1 is 0.705 bits per heavy atom. The van der Waals surface area contributed by atoms with Crippen LogP contribution >= 0.6 is 0 Å². The van der Waals surface area contributed by atoms with Crippen molar-refractivity contribution in [3.63, 3.8) is 0 Å². The number of anilines is 3. The number of sulfonamides is 2. The molecule has 0 spiro atoms. The van der Waals surface area contributed by atoms with Crippen LogP contribution in [-0.2, 0) is 29.5 Å². The van der Waals surface area contributed by atoms with E-state index in [4.69, 9.17) is 18.9 Å². The quantitative estimate of drug-likeness (QED) is 0.199. The van der Waals surface area contributed by atoms with E-state index in [1.54, 1.807) is 86.6 Å². The molecule has 2 aliphatic heterocycles. The van der Waals surface area contributed by atoms with Crippen LogP contribution in [-0.4, -0.2) is 55.5 Å². The zero-order valence-electron chi connectivity index (χ0n) is 24.2. The van der Waals surface area contributed by atoms with Crippen molar-refractivity contribution < 1.29 is 35.8 Å². The Bertz CT molecular complexity index is 1890. The molecule has 4 aromatic carbocycles. The number of epoxide rings is 2. The monoisotopic (exact) mass is 636 g/mol. The highest BCUT2D eigenvalue weighted by Gasteiger charge is 2.35. The molecule has 2 heterocycles. The van der Waals surface area contributed by atoms with Crippen molar-refractivity contribution in [2.24, 2.45) is 0 Å². The van der Waals surface area contributed by atoms with Crippen LogP contribution in [0.25, 0.3) is 0 Å².